The van der Waals surface area contributed by atoms with Gasteiger partial charge in [0.25, 0.3) is 0 Å². The third-order valence-corrected chi connectivity index (χ3v) is 3.40. The van der Waals surface area contributed by atoms with E-state index >= 15 is 0 Å². The van der Waals surface area contributed by atoms with E-state index in [1.54, 1.807) is 30.3 Å². The van der Waals surface area contributed by atoms with E-state index in [2.05, 4.69) is 15.9 Å². The van der Waals surface area contributed by atoms with E-state index < -0.39 is 6.10 Å². The molecule has 0 spiro atoms. The zero-order chi connectivity index (χ0) is 12.4. The van der Waals surface area contributed by atoms with Crippen LogP contribution in [0.2, 0.25) is 5.02 Å². The maximum absolute atomic E-state index is 12.8. The third-order valence-electron chi connectivity index (χ3n) is 2.44. The summed E-state index contributed by atoms with van der Waals surface area (Å²) in [6.07, 6.45) is -0.830. The van der Waals surface area contributed by atoms with Crippen molar-refractivity contribution in [1.29, 1.82) is 0 Å². The maximum Gasteiger partial charge on any atom is 0.123 e. The lowest BCUT2D eigenvalue weighted by Gasteiger charge is -2.13. The summed E-state index contributed by atoms with van der Waals surface area (Å²) in [5.74, 6) is -0.328. The molecule has 1 N–H and O–H groups in total. The van der Waals surface area contributed by atoms with Gasteiger partial charge in [0.15, 0.2) is 0 Å². The predicted octanol–water partition coefficient (Wildman–Crippen LogP) is 4.32. The van der Waals surface area contributed by atoms with Gasteiger partial charge >= 0.3 is 0 Å². The zero-order valence-electron chi connectivity index (χ0n) is 8.70. The first-order valence-electron chi connectivity index (χ1n) is 4.96. The van der Waals surface area contributed by atoms with E-state index in [4.69, 9.17) is 11.6 Å². The lowest BCUT2D eigenvalue weighted by molar-refractivity contribution is 0.219. The van der Waals surface area contributed by atoms with Gasteiger partial charge in [-0.15, -0.1) is 0 Å². The van der Waals surface area contributed by atoms with Crippen molar-refractivity contribution in [3.05, 3.63) is 68.9 Å². The Morgan fingerprint density at radius 3 is 2.41 bits per heavy atom. The van der Waals surface area contributed by atoms with E-state index in [0.29, 0.717) is 16.1 Å². The number of aliphatic hydroxyl groups excluding tert-OH is 1. The molecule has 0 fully saturated rings. The lowest BCUT2D eigenvalue weighted by atomic mass is 10.0. The second kappa shape index (κ2) is 5.17. The topological polar surface area (TPSA) is 20.2 Å². The third kappa shape index (κ3) is 2.86. The number of halogens is 3. The van der Waals surface area contributed by atoms with Gasteiger partial charge in [-0.3, -0.25) is 0 Å². The molecule has 2 aromatic rings. The van der Waals surface area contributed by atoms with Gasteiger partial charge in [0, 0.05) is 15.1 Å². The van der Waals surface area contributed by atoms with Gasteiger partial charge in [0.2, 0.25) is 0 Å². The molecule has 1 nitrogen and oxygen atoms in total. The van der Waals surface area contributed by atoms with Crippen LogP contribution >= 0.6 is 27.5 Å². The number of benzene rings is 2. The Balaban J connectivity index is 2.39. The molecule has 88 valence electrons. The minimum absolute atomic E-state index is 0.328. The molecule has 4 heteroatoms. The molecule has 0 amide bonds. The quantitative estimate of drug-likeness (QED) is 0.875. The van der Waals surface area contributed by atoms with E-state index in [-0.39, 0.29) is 5.82 Å². The van der Waals surface area contributed by atoms with Gasteiger partial charge < -0.3 is 5.11 Å². The number of rotatable bonds is 2. The van der Waals surface area contributed by atoms with Crippen LogP contribution in [0.5, 0.6) is 0 Å². The van der Waals surface area contributed by atoms with Crippen molar-refractivity contribution in [2.75, 3.05) is 0 Å². The van der Waals surface area contributed by atoms with E-state index in [0.717, 1.165) is 4.47 Å². The van der Waals surface area contributed by atoms with E-state index in [1.807, 2.05) is 0 Å². The molecular formula is C13H9BrClFO. The SMILES string of the molecule is OC(c1ccc(F)cc1)c1cc(Cl)ccc1Br. The van der Waals surface area contributed by atoms with Crippen molar-refractivity contribution in [3.8, 4) is 0 Å². The Bertz CT molecular complexity index is 527. The van der Waals surface area contributed by atoms with Crippen LogP contribution < -0.4 is 0 Å². The summed E-state index contributed by atoms with van der Waals surface area (Å²) >= 11 is 9.23. The Morgan fingerprint density at radius 1 is 1.12 bits per heavy atom. The molecule has 0 aliphatic heterocycles. The fourth-order valence-corrected chi connectivity index (χ4v) is 2.19. The Hall–Kier alpha value is -0.900. The molecule has 0 radical (unpaired) electrons. The van der Waals surface area contributed by atoms with Gasteiger partial charge in [-0.2, -0.15) is 0 Å². The van der Waals surface area contributed by atoms with Crippen LogP contribution in [0, 0.1) is 5.82 Å². The first kappa shape index (κ1) is 12.6. The number of hydrogen-bond acceptors (Lipinski definition) is 1. The molecule has 2 rings (SSSR count). The fourth-order valence-electron chi connectivity index (χ4n) is 1.55. The second-order valence-electron chi connectivity index (χ2n) is 3.62. The predicted molar refractivity (Wildman–Crippen MR) is 69.6 cm³/mol. The summed E-state index contributed by atoms with van der Waals surface area (Å²) in [6, 6.07) is 10.9. The molecule has 0 aliphatic carbocycles. The summed E-state index contributed by atoms with van der Waals surface area (Å²) in [5.41, 5.74) is 1.28. The molecule has 0 aliphatic rings. The van der Waals surface area contributed by atoms with Crippen LogP contribution in [0.15, 0.2) is 46.9 Å². The van der Waals surface area contributed by atoms with Gasteiger partial charge in [0.1, 0.15) is 11.9 Å². The summed E-state index contributed by atoms with van der Waals surface area (Å²) < 4.78 is 13.5. The van der Waals surface area contributed by atoms with E-state index in [9.17, 15) is 9.50 Å². The van der Waals surface area contributed by atoms with Crippen molar-refractivity contribution in [3.63, 3.8) is 0 Å². The van der Waals surface area contributed by atoms with Crippen molar-refractivity contribution < 1.29 is 9.50 Å². The van der Waals surface area contributed by atoms with Gasteiger partial charge in [0.05, 0.1) is 0 Å². The standard InChI is InChI=1S/C13H9BrClFO/c14-12-6-3-9(15)7-11(12)13(17)8-1-4-10(16)5-2-8/h1-7,13,17H. The van der Waals surface area contributed by atoms with Crippen LogP contribution in [0.4, 0.5) is 4.39 Å². The zero-order valence-corrected chi connectivity index (χ0v) is 11.0. The Kier molecular flexibility index (Phi) is 3.82. The summed E-state index contributed by atoms with van der Waals surface area (Å²) in [7, 11) is 0. The molecule has 0 bridgehead atoms. The number of aliphatic hydroxyl groups is 1. The van der Waals surface area contributed by atoms with Gasteiger partial charge in [-0.25, -0.2) is 4.39 Å². The second-order valence-corrected chi connectivity index (χ2v) is 4.91. The summed E-state index contributed by atoms with van der Waals surface area (Å²) in [6.45, 7) is 0. The van der Waals surface area contributed by atoms with Crippen LogP contribution in [0.25, 0.3) is 0 Å². The first-order valence-corrected chi connectivity index (χ1v) is 6.13. The van der Waals surface area contributed by atoms with Crippen molar-refractivity contribution in [2.45, 2.75) is 6.10 Å². The number of hydrogen-bond donors (Lipinski definition) is 1. The molecule has 2 aromatic carbocycles. The molecular weight excluding hydrogens is 306 g/mol. The monoisotopic (exact) mass is 314 g/mol. The lowest BCUT2D eigenvalue weighted by Crippen LogP contribution is -2.00. The van der Waals surface area contributed by atoms with Crippen LogP contribution in [-0.4, -0.2) is 5.11 Å². The van der Waals surface area contributed by atoms with E-state index in [1.165, 1.54) is 12.1 Å². The molecule has 17 heavy (non-hydrogen) atoms. The molecule has 0 aromatic heterocycles. The van der Waals surface area contributed by atoms with Crippen molar-refractivity contribution >= 4 is 27.5 Å². The normalized spacial score (nSPS) is 12.5. The average molecular weight is 316 g/mol. The molecule has 1 atom stereocenters. The Labute approximate surface area is 112 Å². The largest absolute Gasteiger partial charge is 0.384 e. The Morgan fingerprint density at radius 2 is 1.76 bits per heavy atom. The summed E-state index contributed by atoms with van der Waals surface area (Å²) in [4.78, 5) is 0. The van der Waals surface area contributed by atoms with Crippen molar-refractivity contribution in [1.82, 2.24) is 0 Å². The first-order chi connectivity index (χ1) is 8.08. The molecule has 1 unspecified atom stereocenters. The minimum Gasteiger partial charge on any atom is -0.384 e. The average Bonchev–Trinajstić information content (AvgIpc) is 2.32. The van der Waals surface area contributed by atoms with Crippen LogP contribution in [0.3, 0.4) is 0 Å². The highest BCUT2D eigenvalue weighted by atomic mass is 79.9. The highest BCUT2D eigenvalue weighted by molar-refractivity contribution is 9.10. The highest BCUT2D eigenvalue weighted by Gasteiger charge is 2.14. The highest BCUT2D eigenvalue weighted by Crippen LogP contribution is 2.30. The smallest absolute Gasteiger partial charge is 0.123 e. The molecule has 0 saturated heterocycles. The van der Waals surface area contributed by atoms with Crippen molar-refractivity contribution in [2.24, 2.45) is 0 Å². The maximum atomic E-state index is 12.8. The van der Waals surface area contributed by atoms with Gasteiger partial charge in [-0.05, 0) is 35.9 Å². The van der Waals surface area contributed by atoms with Crippen LogP contribution in [-0.2, 0) is 0 Å². The van der Waals surface area contributed by atoms with Crippen LogP contribution in [0.1, 0.15) is 17.2 Å². The van der Waals surface area contributed by atoms with Gasteiger partial charge in [-0.1, -0.05) is 39.7 Å². The summed E-state index contributed by atoms with van der Waals surface area (Å²) in [5, 5.41) is 10.7. The minimum atomic E-state index is -0.830. The molecule has 0 heterocycles. The molecule has 0 saturated carbocycles. The fraction of sp³-hybridized carbons (Fsp3) is 0.0769.